The minimum atomic E-state index is -0.671. The van der Waals surface area contributed by atoms with Crippen LogP contribution in [0, 0.1) is 19.8 Å². The van der Waals surface area contributed by atoms with Gasteiger partial charge in [0.1, 0.15) is 0 Å². The molecule has 1 aliphatic rings. The zero-order valence-electron chi connectivity index (χ0n) is 10.1. The van der Waals surface area contributed by atoms with Gasteiger partial charge in [-0.2, -0.15) is 0 Å². The summed E-state index contributed by atoms with van der Waals surface area (Å²) >= 11 is 0. The molecule has 0 amide bonds. The van der Waals surface area contributed by atoms with Gasteiger partial charge in [0.15, 0.2) is 0 Å². The Morgan fingerprint density at radius 1 is 1.25 bits per heavy atom. The number of hydrogen-bond donors (Lipinski definition) is 1. The lowest BCUT2D eigenvalue weighted by molar-refractivity contribution is -0.149. The third-order valence-electron chi connectivity index (χ3n) is 3.58. The van der Waals surface area contributed by atoms with E-state index in [1.165, 1.54) is 0 Å². The lowest BCUT2D eigenvalue weighted by atomic mass is 9.59. The molecular formula is C14H18O2. The van der Waals surface area contributed by atoms with Gasteiger partial charge in [0, 0.05) is 0 Å². The van der Waals surface area contributed by atoms with Crippen molar-refractivity contribution < 1.29 is 9.90 Å². The molecule has 0 radical (unpaired) electrons. The molecule has 86 valence electrons. The highest BCUT2D eigenvalue weighted by atomic mass is 16.4. The number of rotatable bonds is 2. The first-order valence-corrected chi connectivity index (χ1v) is 5.76. The van der Waals surface area contributed by atoms with Gasteiger partial charge in [0.2, 0.25) is 0 Å². The Kier molecular flexibility index (Phi) is 2.53. The average molecular weight is 218 g/mol. The summed E-state index contributed by atoms with van der Waals surface area (Å²) in [5, 5.41) is 9.44. The molecule has 0 aliphatic heterocycles. The summed E-state index contributed by atoms with van der Waals surface area (Å²) in [7, 11) is 0. The molecule has 2 rings (SSSR count). The fraction of sp³-hybridized carbons (Fsp3) is 0.500. The van der Waals surface area contributed by atoms with Gasteiger partial charge in [0.05, 0.1) is 5.41 Å². The van der Waals surface area contributed by atoms with E-state index in [0.717, 1.165) is 29.5 Å². The minimum absolute atomic E-state index is 0.525. The van der Waals surface area contributed by atoms with Crippen molar-refractivity contribution in [3.63, 3.8) is 0 Å². The number of carboxylic acids is 1. The molecule has 1 aromatic carbocycles. The van der Waals surface area contributed by atoms with Crippen molar-refractivity contribution in [1.29, 1.82) is 0 Å². The van der Waals surface area contributed by atoms with Crippen LogP contribution in [0.4, 0.5) is 0 Å². The molecule has 0 atom stereocenters. The van der Waals surface area contributed by atoms with E-state index in [1.54, 1.807) is 0 Å². The molecule has 0 saturated heterocycles. The highest BCUT2D eigenvalue weighted by Crippen LogP contribution is 2.48. The third kappa shape index (κ3) is 1.62. The Bertz CT molecular complexity index is 408. The Morgan fingerprint density at radius 2 is 1.75 bits per heavy atom. The van der Waals surface area contributed by atoms with Crippen LogP contribution in [0.5, 0.6) is 0 Å². The van der Waals surface area contributed by atoms with Crippen molar-refractivity contribution >= 4 is 5.97 Å². The van der Waals surface area contributed by atoms with E-state index in [2.05, 4.69) is 13.0 Å². The number of carbonyl (C=O) groups is 1. The van der Waals surface area contributed by atoms with E-state index in [4.69, 9.17) is 0 Å². The van der Waals surface area contributed by atoms with Crippen LogP contribution in [0.15, 0.2) is 18.2 Å². The fourth-order valence-corrected chi connectivity index (χ4v) is 2.91. The molecule has 0 aromatic heterocycles. The largest absolute Gasteiger partial charge is 0.481 e. The Morgan fingerprint density at radius 3 is 2.12 bits per heavy atom. The van der Waals surface area contributed by atoms with Gasteiger partial charge in [-0.25, -0.2) is 0 Å². The van der Waals surface area contributed by atoms with E-state index < -0.39 is 11.4 Å². The van der Waals surface area contributed by atoms with Gasteiger partial charge in [-0.3, -0.25) is 4.79 Å². The monoisotopic (exact) mass is 218 g/mol. The van der Waals surface area contributed by atoms with Crippen LogP contribution in [0.2, 0.25) is 0 Å². The topological polar surface area (TPSA) is 37.3 Å². The normalized spacial score (nSPS) is 28.6. The van der Waals surface area contributed by atoms with Crippen LogP contribution < -0.4 is 0 Å². The minimum Gasteiger partial charge on any atom is -0.481 e. The summed E-state index contributed by atoms with van der Waals surface area (Å²) in [4.78, 5) is 11.5. The molecule has 1 aromatic rings. The van der Waals surface area contributed by atoms with E-state index in [-0.39, 0.29) is 0 Å². The molecule has 1 aliphatic carbocycles. The average Bonchev–Trinajstić information content (AvgIpc) is 2.10. The second-order valence-electron chi connectivity index (χ2n) is 5.28. The molecule has 2 heteroatoms. The van der Waals surface area contributed by atoms with Crippen LogP contribution in [0.1, 0.15) is 36.5 Å². The van der Waals surface area contributed by atoms with Gasteiger partial charge in [-0.1, -0.05) is 36.2 Å². The first-order valence-electron chi connectivity index (χ1n) is 5.76. The standard InChI is InChI=1S/C14H18O2/c1-9-4-10(2)6-12(5-9)14(13(15)16)7-11(3)8-14/h4-6,11H,7-8H2,1-3H3,(H,15,16). The Balaban J connectivity index is 2.45. The van der Waals surface area contributed by atoms with Gasteiger partial charge >= 0.3 is 5.97 Å². The van der Waals surface area contributed by atoms with Crippen molar-refractivity contribution in [2.24, 2.45) is 5.92 Å². The third-order valence-corrected chi connectivity index (χ3v) is 3.58. The summed E-state index contributed by atoms with van der Waals surface area (Å²) in [6, 6.07) is 6.13. The molecule has 2 nitrogen and oxygen atoms in total. The first-order chi connectivity index (χ1) is 7.44. The molecule has 0 heterocycles. The predicted molar refractivity (Wildman–Crippen MR) is 63.6 cm³/mol. The summed E-state index contributed by atoms with van der Waals surface area (Å²) < 4.78 is 0. The smallest absolute Gasteiger partial charge is 0.314 e. The second kappa shape index (κ2) is 3.62. The van der Waals surface area contributed by atoms with Crippen molar-refractivity contribution in [2.45, 2.75) is 39.0 Å². The Hall–Kier alpha value is -1.31. The van der Waals surface area contributed by atoms with Gasteiger partial charge in [-0.15, -0.1) is 0 Å². The quantitative estimate of drug-likeness (QED) is 0.828. The van der Waals surface area contributed by atoms with E-state index >= 15 is 0 Å². The maximum atomic E-state index is 11.5. The number of hydrogen-bond acceptors (Lipinski definition) is 1. The van der Waals surface area contributed by atoms with Crippen LogP contribution in [0.25, 0.3) is 0 Å². The predicted octanol–water partition coefficient (Wildman–Crippen LogP) is 3.06. The molecule has 1 N–H and O–H groups in total. The molecule has 0 unspecified atom stereocenters. The fourth-order valence-electron chi connectivity index (χ4n) is 2.91. The zero-order valence-corrected chi connectivity index (χ0v) is 10.1. The summed E-state index contributed by atoms with van der Waals surface area (Å²) in [5.74, 6) is -0.146. The number of benzene rings is 1. The number of aliphatic carboxylic acids is 1. The van der Waals surface area contributed by atoms with Crippen molar-refractivity contribution in [3.05, 3.63) is 34.9 Å². The summed E-state index contributed by atoms with van der Waals surface area (Å²) in [5.41, 5.74) is 2.66. The van der Waals surface area contributed by atoms with E-state index in [0.29, 0.717) is 5.92 Å². The summed E-state index contributed by atoms with van der Waals surface area (Å²) in [6.45, 7) is 6.16. The highest BCUT2D eigenvalue weighted by Gasteiger charge is 2.49. The molecule has 0 spiro atoms. The zero-order chi connectivity index (χ0) is 11.9. The lowest BCUT2D eigenvalue weighted by Crippen LogP contribution is -2.47. The SMILES string of the molecule is Cc1cc(C)cc(C2(C(=O)O)CC(C)C2)c1. The molecule has 16 heavy (non-hydrogen) atoms. The first kappa shape index (κ1) is 11.2. The second-order valence-corrected chi connectivity index (χ2v) is 5.28. The van der Waals surface area contributed by atoms with Gasteiger partial charge in [0.25, 0.3) is 0 Å². The molecule has 1 fully saturated rings. The van der Waals surface area contributed by atoms with Crippen LogP contribution in [-0.4, -0.2) is 11.1 Å². The van der Waals surface area contributed by atoms with E-state index in [9.17, 15) is 9.90 Å². The lowest BCUT2D eigenvalue weighted by Gasteiger charge is -2.43. The maximum Gasteiger partial charge on any atom is 0.314 e. The Labute approximate surface area is 96.3 Å². The van der Waals surface area contributed by atoms with Crippen molar-refractivity contribution in [3.8, 4) is 0 Å². The van der Waals surface area contributed by atoms with Crippen LogP contribution >= 0.6 is 0 Å². The highest BCUT2D eigenvalue weighted by molar-refractivity contribution is 5.83. The number of carboxylic acid groups (broad SMARTS) is 1. The molecule has 0 bridgehead atoms. The molecular weight excluding hydrogens is 200 g/mol. The van der Waals surface area contributed by atoms with Crippen LogP contribution in [-0.2, 0) is 10.2 Å². The number of aryl methyl sites for hydroxylation is 2. The van der Waals surface area contributed by atoms with Crippen LogP contribution in [0.3, 0.4) is 0 Å². The van der Waals surface area contributed by atoms with Gasteiger partial charge < -0.3 is 5.11 Å². The summed E-state index contributed by atoms with van der Waals surface area (Å²) in [6.07, 6.45) is 1.54. The van der Waals surface area contributed by atoms with Crippen molar-refractivity contribution in [1.82, 2.24) is 0 Å². The van der Waals surface area contributed by atoms with Gasteiger partial charge in [-0.05, 0) is 38.2 Å². The molecule has 1 saturated carbocycles. The maximum absolute atomic E-state index is 11.5. The van der Waals surface area contributed by atoms with E-state index in [1.807, 2.05) is 26.0 Å². The van der Waals surface area contributed by atoms with Crippen molar-refractivity contribution in [2.75, 3.05) is 0 Å².